The van der Waals surface area contributed by atoms with E-state index in [0.717, 1.165) is 23.3 Å². The van der Waals surface area contributed by atoms with Crippen molar-refractivity contribution in [3.8, 4) is 0 Å². The summed E-state index contributed by atoms with van der Waals surface area (Å²) in [4.78, 5) is 14.3. The molecule has 1 heterocycles. The summed E-state index contributed by atoms with van der Waals surface area (Å²) >= 11 is 1.68. The van der Waals surface area contributed by atoms with Gasteiger partial charge < -0.3 is 4.74 Å². The number of rotatable bonds is 4. The molecule has 0 unspecified atom stereocenters. The molecule has 1 aliphatic carbocycles. The number of Topliss-reactive ketones (excluding diaryl/α,β-unsaturated/α-hetero) is 1. The standard InChI is InChI=1S/C14H20O2S/c1-10-8-13(11(2)17-10)14(15)9-16-12-6-4-3-5-7-12/h8,12H,3-7,9H2,1-2H3. The molecular formula is C14H20O2S. The first kappa shape index (κ1) is 12.8. The Morgan fingerprint density at radius 3 is 2.65 bits per heavy atom. The smallest absolute Gasteiger partial charge is 0.189 e. The van der Waals surface area contributed by atoms with Gasteiger partial charge in [-0.25, -0.2) is 0 Å². The molecule has 2 nitrogen and oxygen atoms in total. The average Bonchev–Trinajstić information content (AvgIpc) is 2.67. The zero-order valence-corrected chi connectivity index (χ0v) is 11.4. The third kappa shape index (κ3) is 3.39. The quantitative estimate of drug-likeness (QED) is 0.760. The number of hydrogen-bond donors (Lipinski definition) is 0. The van der Waals surface area contributed by atoms with Crippen LogP contribution in [0.5, 0.6) is 0 Å². The lowest BCUT2D eigenvalue weighted by Gasteiger charge is -2.21. The zero-order valence-electron chi connectivity index (χ0n) is 10.6. The Balaban J connectivity index is 1.86. The zero-order chi connectivity index (χ0) is 12.3. The van der Waals surface area contributed by atoms with Crippen LogP contribution < -0.4 is 0 Å². The second-order valence-electron chi connectivity index (χ2n) is 4.82. The fraction of sp³-hybridized carbons (Fsp3) is 0.643. The molecule has 0 aromatic carbocycles. The Morgan fingerprint density at radius 1 is 1.35 bits per heavy atom. The summed E-state index contributed by atoms with van der Waals surface area (Å²) < 4.78 is 5.72. The van der Waals surface area contributed by atoms with E-state index in [1.54, 1.807) is 11.3 Å². The van der Waals surface area contributed by atoms with E-state index in [1.165, 1.54) is 24.1 Å². The van der Waals surface area contributed by atoms with Crippen LogP contribution in [-0.2, 0) is 4.74 Å². The van der Waals surface area contributed by atoms with Crippen LogP contribution in [0.1, 0.15) is 52.2 Å². The van der Waals surface area contributed by atoms with E-state index in [0.29, 0.717) is 6.10 Å². The van der Waals surface area contributed by atoms with Gasteiger partial charge in [-0.05, 0) is 32.8 Å². The minimum atomic E-state index is 0.137. The normalized spacial score (nSPS) is 17.3. The molecule has 0 N–H and O–H groups in total. The van der Waals surface area contributed by atoms with Gasteiger partial charge in [0.25, 0.3) is 0 Å². The maximum Gasteiger partial charge on any atom is 0.189 e. The molecule has 2 rings (SSSR count). The molecule has 0 aliphatic heterocycles. The van der Waals surface area contributed by atoms with Gasteiger partial charge >= 0.3 is 0 Å². The lowest BCUT2D eigenvalue weighted by molar-refractivity contribution is 0.0284. The van der Waals surface area contributed by atoms with Gasteiger partial charge in [-0.3, -0.25) is 4.79 Å². The van der Waals surface area contributed by atoms with Crippen LogP contribution in [0, 0.1) is 13.8 Å². The monoisotopic (exact) mass is 252 g/mol. The first-order valence-corrected chi connectivity index (χ1v) is 7.20. The lowest BCUT2D eigenvalue weighted by atomic mass is 9.98. The van der Waals surface area contributed by atoms with Gasteiger partial charge in [0.2, 0.25) is 0 Å². The predicted octanol–water partition coefficient (Wildman–Crippen LogP) is 3.90. The van der Waals surface area contributed by atoms with E-state index in [4.69, 9.17) is 4.74 Å². The Bertz CT molecular complexity index is 389. The second kappa shape index (κ2) is 5.78. The molecule has 0 bridgehead atoms. The third-order valence-electron chi connectivity index (χ3n) is 3.34. The highest BCUT2D eigenvalue weighted by Gasteiger charge is 2.17. The van der Waals surface area contributed by atoms with E-state index >= 15 is 0 Å². The van der Waals surface area contributed by atoms with E-state index in [9.17, 15) is 4.79 Å². The van der Waals surface area contributed by atoms with Crippen molar-refractivity contribution in [1.82, 2.24) is 0 Å². The van der Waals surface area contributed by atoms with Crippen LogP contribution in [0.25, 0.3) is 0 Å². The molecule has 0 saturated heterocycles. The summed E-state index contributed by atoms with van der Waals surface area (Å²) in [6.45, 7) is 4.30. The number of ether oxygens (including phenoxy) is 1. The molecule has 0 amide bonds. The van der Waals surface area contributed by atoms with Crippen molar-refractivity contribution in [2.24, 2.45) is 0 Å². The molecule has 0 spiro atoms. The van der Waals surface area contributed by atoms with Crippen LogP contribution in [0.2, 0.25) is 0 Å². The number of aryl methyl sites for hydroxylation is 2. The Hall–Kier alpha value is -0.670. The van der Waals surface area contributed by atoms with E-state index in [-0.39, 0.29) is 12.4 Å². The Morgan fingerprint density at radius 2 is 2.06 bits per heavy atom. The number of carbonyl (C=O) groups is 1. The SMILES string of the molecule is Cc1cc(C(=O)COC2CCCCC2)c(C)s1. The van der Waals surface area contributed by atoms with Gasteiger partial charge in [-0.1, -0.05) is 19.3 Å². The summed E-state index contributed by atoms with van der Waals surface area (Å²) in [5.41, 5.74) is 0.850. The molecule has 1 saturated carbocycles. The van der Waals surface area contributed by atoms with E-state index in [1.807, 2.05) is 19.9 Å². The van der Waals surface area contributed by atoms with Gasteiger partial charge in [0.15, 0.2) is 5.78 Å². The van der Waals surface area contributed by atoms with Crippen molar-refractivity contribution < 1.29 is 9.53 Å². The molecule has 1 fully saturated rings. The number of ketones is 1. The van der Waals surface area contributed by atoms with Crippen LogP contribution in [0.3, 0.4) is 0 Å². The van der Waals surface area contributed by atoms with E-state index < -0.39 is 0 Å². The summed E-state index contributed by atoms with van der Waals surface area (Å²) in [5.74, 6) is 0.137. The minimum Gasteiger partial charge on any atom is -0.370 e. The fourth-order valence-corrected chi connectivity index (χ4v) is 3.35. The van der Waals surface area contributed by atoms with Crippen molar-refractivity contribution in [1.29, 1.82) is 0 Å². The van der Waals surface area contributed by atoms with E-state index in [2.05, 4.69) is 0 Å². The number of hydrogen-bond acceptors (Lipinski definition) is 3. The maximum atomic E-state index is 12.0. The van der Waals surface area contributed by atoms with Gasteiger partial charge in [0, 0.05) is 15.3 Å². The molecule has 1 aliphatic rings. The molecule has 1 aromatic heterocycles. The summed E-state index contributed by atoms with van der Waals surface area (Å²) in [6, 6.07) is 1.98. The first-order valence-electron chi connectivity index (χ1n) is 6.38. The van der Waals surface area contributed by atoms with Crippen LogP contribution in [0.15, 0.2) is 6.07 Å². The Labute approximate surface area is 107 Å². The van der Waals surface area contributed by atoms with Crippen molar-refractivity contribution in [3.63, 3.8) is 0 Å². The lowest BCUT2D eigenvalue weighted by Crippen LogP contribution is -2.21. The molecule has 0 atom stereocenters. The van der Waals surface area contributed by atoms with Gasteiger partial charge in [0.05, 0.1) is 6.10 Å². The molecule has 94 valence electrons. The molecule has 3 heteroatoms. The highest BCUT2D eigenvalue weighted by atomic mass is 32.1. The Kier molecular flexibility index (Phi) is 4.35. The number of carbonyl (C=O) groups excluding carboxylic acids is 1. The second-order valence-corrected chi connectivity index (χ2v) is 6.28. The summed E-state index contributed by atoms with van der Waals surface area (Å²) in [6.07, 6.45) is 6.36. The maximum absolute atomic E-state index is 12.0. The molecule has 0 radical (unpaired) electrons. The summed E-state index contributed by atoms with van der Waals surface area (Å²) in [7, 11) is 0. The van der Waals surface area contributed by atoms with Crippen LogP contribution in [0.4, 0.5) is 0 Å². The van der Waals surface area contributed by atoms with Crippen LogP contribution >= 0.6 is 11.3 Å². The van der Waals surface area contributed by atoms with Crippen molar-refractivity contribution >= 4 is 17.1 Å². The van der Waals surface area contributed by atoms with Crippen molar-refractivity contribution in [2.45, 2.75) is 52.1 Å². The number of thiophene rings is 1. The van der Waals surface area contributed by atoms with Crippen molar-refractivity contribution in [2.75, 3.05) is 6.61 Å². The van der Waals surface area contributed by atoms with Gasteiger partial charge in [-0.2, -0.15) is 0 Å². The predicted molar refractivity (Wildman–Crippen MR) is 70.9 cm³/mol. The topological polar surface area (TPSA) is 26.3 Å². The third-order valence-corrected chi connectivity index (χ3v) is 4.31. The highest BCUT2D eigenvalue weighted by Crippen LogP contribution is 2.23. The minimum absolute atomic E-state index is 0.137. The van der Waals surface area contributed by atoms with Crippen LogP contribution in [-0.4, -0.2) is 18.5 Å². The summed E-state index contributed by atoms with van der Waals surface area (Å²) in [5, 5.41) is 0. The fourth-order valence-electron chi connectivity index (χ4n) is 2.41. The molecule has 17 heavy (non-hydrogen) atoms. The van der Waals surface area contributed by atoms with Crippen molar-refractivity contribution in [3.05, 3.63) is 21.4 Å². The molecule has 1 aromatic rings. The van der Waals surface area contributed by atoms with Gasteiger partial charge in [-0.15, -0.1) is 11.3 Å². The van der Waals surface area contributed by atoms with Gasteiger partial charge in [0.1, 0.15) is 6.61 Å². The first-order chi connectivity index (χ1) is 8.16. The highest BCUT2D eigenvalue weighted by molar-refractivity contribution is 7.12. The largest absolute Gasteiger partial charge is 0.370 e. The molecular weight excluding hydrogens is 232 g/mol. The average molecular weight is 252 g/mol.